The van der Waals surface area contributed by atoms with Crippen LogP contribution in [0.2, 0.25) is 0 Å². The number of benzene rings is 4. The molecule has 4 aromatic carbocycles. The highest BCUT2D eigenvalue weighted by molar-refractivity contribution is 9.10. The fourth-order valence-corrected chi connectivity index (χ4v) is 5.07. The summed E-state index contributed by atoms with van der Waals surface area (Å²) in [5.74, 6) is 0.386. The highest BCUT2D eigenvalue weighted by atomic mass is 79.9. The molecule has 0 N–H and O–H groups in total. The molecule has 1 amide bonds. The van der Waals surface area contributed by atoms with E-state index in [0.717, 1.165) is 22.3 Å². The molecule has 9 nitrogen and oxygen atoms in total. The van der Waals surface area contributed by atoms with E-state index in [9.17, 15) is 9.59 Å². The van der Waals surface area contributed by atoms with Gasteiger partial charge in [0.2, 0.25) is 0 Å². The van der Waals surface area contributed by atoms with Crippen LogP contribution in [0.25, 0.3) is 11.1 Å². The van der Waals surface area contributed by atoms with E-state index in [2.05, 4.69) is 20.9 Å². The fourth-order valence-electron chi connectivity index (χ4n) is 4.71. The second-order valence-electron chi connectivity index (χ2n) is 10.2. The lowest BCUT2D eigenvalue weighted by atomic mass is 10.0. The predicted molar refractivity (Wildman–Crippen MR) is 177 cm³/mol. The number of amides is 1. The van der Waals surface area contributed by atoms with Crippen LogP contribution in [0.1, 0.15) is 21.5 Å². The zero-order valence-electron chi connectivity index (χ0n) is 25.4. The van der Waals surface area contributed by atoms with Crippen molar-refractivity contribution in [1.29, 1.82) is 0 Å². The summed E-state index contributed by atoms with van der Waals surface area (Å²) < 4.78 is 34.8. The van der Waals surface area contributed by atoms with Crippen LogP contribution in [0.15, 0.2) is 100 Å². The molecular formula is C36H34BrNO8. The van der Waals surface area contributed by atoms with Gasteiger partial charge < -0.3 is 28.4 Å². The minimum atomic E-state index is -0.694. The Kier molecular flexibility index (Phi) is 12.1. The van der Waals surface area contributed by atoms with Crippen LogP contribution in [0.4, 0.5) is 0 Å². The molecule has 6 rings (SSSR count). The van der Waals surface area contributed by atoms with Crippen molar-refractivity contribution in [2.24, 2.45) is 4.99 Å². The molecule has 0 aromatic heterocycles. The van der Waals surface area contributed by atoms with E-state index in [1.807, 2.05) is 72.8 Å². The molecule has 0 unspecified atom stereocenters. The summed E-state index contributed by atoms with van der Waals surface area (Å²) in [7, 11) is 1.26. The van der Waals surface area contributed by atoms with Crippen LogP contribution < -0.4 is 9.47 Å². The van der Waals surface area contributed by atoms with Gasteiger partial charge in [0.05, 0.1) is 52.3 Å². The first kappa shape index (κ1) is 33.0. The van der Waals surface area contributed by atoms with Crippen molar-refractivity contribution in [3.8, 4) is 28.4 Å². The lowest BCUT2D eigenvalue weighted by molar-refractivity contribution is -0.132. The zero-order valence-corrected chi connectivity index (χ0v) is 27.0. The van der Waals surface area contributed by atoms with E-state index < -0.39 is 11.9 Å². The number of carbonyl (C=O) groups excluding carboxylic acids is 2. The number of hydrogen-bond donors (Lipinski definition) is 0. The molecule has 0 atom stereocenters. The van der Waals surface area contributed by atoms with Gasteiger partial charge in [-0.3, -0.25) is 4.79 Å². The van der Waals surface area contributed by atoms with Crippen LogP contribution in [-0.4, -0.2) is 64.3 Å². The van der Waals surface area contributed by atoms with Gasteiger partial charge in [-0.05, 0) is 53.1 Å². The number of halogens is 1. The van der Waals surface area contributed by atoms with Gasteiger partial charge in [0.1, 0.15) is 29.6 Å². The molecule has 10 heteroatoms. The lowest BCUT2D eigenvalue weighted by Crippen LogP contribution is -2.20. The SMILES string of the molecule is COC(=O)C1=NC(=O)c2cc(Br)ccc2OCCOCCOCCOCc2cccc(c2)Oc2ccccc2-c2ccc(cc2)C1. The van der Waals surface area contributed by atoms with Crippen molar-refractivity contribution in [2.75, 3.05) is 46.8 Å². The topological polar surface area (TPSA) is 102 Å². The van der Waals surface area contributed by atoms with Crippen LogP contribution >= 0.6 is 15.9 Å². The van der Waals surface area contributed by atoms with Gasteiger partial charge in [0.15, 0.2) is 0 Å². The predicted octanol–water partition coefficient (Wildman–Crippen LogP) is 6.85. The Morgan fingerprint density at radius 2 is 1.48 bits per heavy atom. The first-order valence-electron chi connectivity index (χ1n) is 14.8. The van der Waals surface area contributed by atoms with E-state index in [1.54, 1.807) is 18.2 Å². The van der Waals surface area contributed by atoms with Crippen molar-refractivity contribution in [2.45, 2.75) is 13.0 Å². The molecule has 4 aromatic rings. The van der Waals surface area contributed by atoms with E-state index in [4.69, 9.17) is 28.4 Å². The van der Waals surface area contributed by atoms with Crippen LogP contribution in [0.3, 0.4) is 0 Å². The molecular weight excluding hydrogens is 654 g/mol. The van der Waals surface area contributed by atoms with Crippen molar-refractivity contribution < 1.29 is 38.0 Å². The number of carbonyl (C=O) groups is 2. The first-order chi connectivity index (χ1) is 22.5. The van der Waals surface area contributed by atoms with Crippen LogP contribution in [0, 0.1) is 0 Å². The molecule has 2 aliphatic rings. The number of hydrogen-bond acceptors (Lipinski definition) is 8. The van der Waals surface area contributed by atoms with Gasteiger partial charge in [-0.1, -0.05) is 70.5 Å². The Morgan fingerprint density at radius 3 is 2.26 bits per heavy atom. The number of nitrogens with zero attached hydrogens (tertiary/aromatic N) is 1. The van der Waals surface area contributed by atoms with Gasteiger partial charge in [0, 0.05) is 16.5 Å². The molecule has 2 heterocycles. The maximum absolute atomic E-state index is 13.4. The smallest absolute Gasteiger partial charge is 0.352 e. The maximum atomic E-state index is 13.4. The summed E-state index contributed by atoms with van der Waals surface area (Å²) in [5, 5.41) is 0. The average molecular weight is 689 g/mol. The van der Waals surface area contributed by atoms with Crippen molar-refractivity contribution >= 4 is 33.5 Å². The largest absolute Gasteiger partial charge is 0.490 e. The van der Waals surface area contributed by atoms with E-state index in [1.165, 1.54) is 7.11 Å². The molecule has 0 aliphatic carbocycles. The average Bonchev–Trinajstić information content (AvgIpc) is 3.07. The molecule has 0 saturated heterocycles. The molecule has 4 bridgehead atoms. The Hall–Kier alpha value is -4.35. The Labute approximate surface area is 276 Å². The third kappa shape index (κ3) is 9.34. The molecule has 2 aliphatic heterocycles. The van der Waals surface area contributed by atoms with E-state index >= 15 is 0 Å². The van der Waals surface area contributed by atoms with Crippen molar-refractivity contribution in [3.63, 3.8) is 0 Å². The minimum Gasteiger partial charge on any atom is -0.490 e. The summed E-state index contributed by atoms with van der Waals surface area (Å²) >= 11 is 3.40. The quantitative estimate of drug-likeness (QED) is 0.158. The molecule has 0 spiro atoms. The Bertz CT molecular complexity index is 1670. The monoisotopic (exact) mass is 687 g/mol. The second kappa shape index (κ2) is 16.8. The standard InChI is InChI=1S/C36H34BrNO8/c1-41-36(40)32-22-25-9-11-27(12-10-25)30-7-2-3-8-34(30)46-29-6-4-5-26(21-29)24-44-18-17-42-15-16-43-19-20-45-33-14-13-28(37)23-31(33)35(39)38-32/h2-14,21,23H,15-20,22,24H2,1H3. The fraction of sp³-hybridized carbons (Fsp3) is 0.250. The Balaban J connectivity index is 1.43. The Morgan fingerprint density at radius 1 is 0.739 bits per heavy atom. The normalized spacial score (nSPS) is 15.3. The molecule has 0 radical (unpaired) electrons. The van der Waals surface area contributed by atoms with Crippen molar-refractivity contribution in [3.05, 3.63) is 112 Å². The molecule has 238 valence electrons. The zero-order chi connectivity index (χ0) is 32.1. The minimum absolute atomic E-state index is 0.0283. The van der Waals surface area contributed by atoms with Gasteiger partial charge in [0.25, 0.3) is 5.91 Å². The number of rotatable bonds is 1. The van der Waals surface area contributed by atoms with Gasteiger partial charge in [-0.2, -0.15) is 0 Å². The van der Waals surface area contributed by atoms with Crippen molar-refractivity contribution in [1.82, 2.24) is 0 Å². The number of ether oxygens (including phenoxy) is 6. The van der Waals surface area contributed by atoms with E-state index in [-0.39, 0.29) is 24.3 Å². The number of fused-ring (bicyclic) bond motifs is 14. The molecule has 46 heavy (non-hydrogen) atoms. The summed E-state index contributed by atoms with van der Waals surface area (Å²) in [6.07, 6.45) is 0.0891. The molecule has 0 saturated carbocycles. The number of aliphatic imine (C=N–C) groups is 1. The van der Waals surface area contributed by atoms with Gasteiger partial charge in [-0.15, -0.1) is 0 Å². The van der Waals surface area contributed by atoms with Crippen LogP contribution in [-0.2, 0) is 36.8 Å². The third-order valence-corrected chi connectivity index (χ3v) is 7.47. The third-order valence-electron chi connectivity index (χ3n) is 6.98. The number of para-hydroxylation sites is 1. The lowest BCUT2D eigenvalue weighted by Gasteiger charge is -2.13. The highest BCUT2D eigenvalue weighted by Crippen LogP contribution is 2.34. The number of methoxy groups -OCH3 is 1. The summed E-state index contributed by atoms with van der Waals surface area (Å²) in [4.78, 5) is 30.3. The number of esters is 1. The highest BCUT2D eigenvalue weighted by Gasteiger charge is 2.19. The second-order valence-corrected chi connectivity index (χ2v) is 11.2. The van der Waals surface area contributed by atoms with E-state index in [0.29, 0.717) is 61.4 Å². The molecule has 0 fully saturated rings. The summed E-state index contributed by atoms with van der Waals surface area (Å²) in [5.41, 5.74) is 3.75. The van der Waals surface area contributed by atoms with Gasteiger partial charge >= 0.3 is 5.97 Å². The van der Waals surface area contributed by atoms with Gasteiger partial charge in [-0.25, -0.2) is 9.79 Å². The summed E-state index contributed by atoms with van der Waals surface area (Å²) in [6.45, 7) is 2.57. The summed E-state index contributed by atoms with van der Waals surface area (Å²) in [6, 6.07) is 28.2. The first-order valence-corrected chi connectivity index (χ1v) is 15.6. The van der Waals surface area contributed by atoms with Crippen LogP contribution in [0.5, 0.6) is 17.2 Å². The maximum Gasteiger partial charge on any atom is 0.352 e.